The van der Waals surface area contributed by atoms with Crippen LogP contribution in [0.25, 0.3) is 22.2 Å². The predicted molar refractivity (Wildman–Crippen MR) is 81.5 cm³/mol. The lowest BCUT2D eigenvalue weighted by molar-refractivity contribution is 1.24. The molecule has 0 aliphatic heterocycles. The Morgan fingerprint density at radius 1 is 1.05 bits per heavy atom. The van der Waals surface area contributed by atoms with Crippen LogP contribution in [0.15, 0.2) is 23.6 Å². The molecule has 0 amide bonds. The fourth-order valence-electron chi connectivity index (χ4n) is 2.50. The minimum Gasteiger partial charge on any atom is -0.375 e. The molecule has 0 saturated carbocycles. The molecule has 3 nitrogen and oxygen atoms in total. The summed E-state index contributed by atoms with van der Waals surface area (Å²) in [6.07, 6.45) is 0. The van der Waals surface area contributed by atoms with E-state index in [2.05, 4.69) is 42.0 Å². The lowest BCUT2D eigenvalue weighted by Crippen LogP contribution is -1.93. The summed E-state index contributed by atoms with van der Waals surface area (Å²) in [4.78, 5) is 9.04. The van der Waals surface area contributed by atoms with Crippen LogP contribution in [0.1, 0.15) is 16.8 Å². The maximum atomic E-state index is 5.75. The first-order valence-electron chi connectivity index (χ1n) is 6.14. The fraction of sp³-hybridized carbons (Fsp3) is 0.200. The fourth-order valence-corrected chi connectivity index (χ4v) is 3.06. The zero-order valence-electron chi connectivity index (χ0n) is 11.2. The van der Waals surface area contributed by atoms with E-state index in [1.807, 2.05) is 12.3 Å². The molecule has 0 aliphatic rings. The minimum absolute atomic E-state index is 0.599. The first-order chi connectivity index (χ1) is 9.04. The summed E-state index contributed by atoms with van der Waals surface area (Å²) in [6, 6.07) is 6.38. The van der Waals surface area contributed by atoms with Crippen molar-refractivity contribution in [3.63, 3.8) is 0 Å². The van der Waals surface area contributed by atoms with Gasteiger partial charge in [0.2, 0.25) is 0 Å². The Labute approximate surface area is 116 Å². The van der Waals surface area contributed by atoms with Gasteiger partial charge >= 0.3 is 0 Å². The lowest BCUT2D eigenvalue weighted by Gasteiger charge is -2.10. The van der Waals surface area contributed by atoms with Crippen LogP contribution in [0.4, 0.5) is 5.13 Å². The van der Waals surface area contributed by atoms with Gasteiger partial charge in [0.05, 0.1) is 11.2 Å². The molecule has 1 aromatic carbocycles. The molecule has 3 aromatic rings. The summed E-state index contributed by atoms with van der Waals surface area (Å²) in [7, 11) is 0. The quantitative estimate of drug-likeness (QED) is 0.729. The number of nitrogens with zero attached hydrogens (tertiary/aromatic N) is 2. The number of aryl methyl sites for hydroxylation is 3. The number of thiazole rings is 1. The van der Waals surface area contributed by atoms with Crippen molar-refractivity contribution in [3.05, 3.63) is 40.4 Å². The van der Waals surface area contributed by atoms with Crippen LogP contribution in [0, 0.1) is 20.8 Å². The molecule has 0 fully saturated rings. The van der Waals surface area contributed by atoms with Crippen molar-refractivity contribution in [1.82, 2.24) is 9.97 Å². The molecule has 96 valence electrons. The summed E-state index contributed by atoms with van der Waals surface area (Å²) in [5.41, 5.74) is 12.3. The Balaban J connectivity index is 2.41. The molecule has 0 aliphatic carbocycles. The van der Waals surface area contributed by atoms with Crippen molar-refractivity contribution in [3.8, 4) is 11.3 Å². The maximum absolute atomic E-state index is 5.75. The summed E-state index contributed by atoms with van der Waals surface area (Å²) in [6.45, 7) is 6.22. The van der Waals surface area contributed by atoms with Gasteiger partial charge < -0.3 is 5.73 Å². The predicted octanol–water partition coefficient (Wildman–Crippen LogP) is 3.87. The maximum Gasteiger partial charge on any atom is 0.180 e. The third-order valence-electron chi connectivity index (χ3n) is 3.18. The molecule has 0 spiro atoms. The highest BCUT2D eigenvalue weighted by molar-refractivity contribution is 7.13. The first kappa shape index (κ1) is 12.1. The summed E-state index contributed by atoms with van der Waals surface area (Å²) in [5.74, 6) is 0. The molecule has 0 radical (unpaired) electrons. The number of hydrogen-bond donors (Lipinski definition) is 1. The van der Waals surface area contributed by atoms with Gasteiger partial charge in [0.1, 0.15) is 0 Å². The topological polar surface area (TPSA) is 51.8 Å². The van der Waals surface area contributed by atoms with Crippen molar-refractivity contribution in [1.29, 1.82) is 0 Å². The molecule has 19 heavy (non-hydrogen) atoms. The number of benzene rings is 1. The Kier molecular flexibility index (Phi) is 2.75. The second kappa shape index (κ2) is 4.31. The van der Waals surface area contributed by atoms with Gasteiger partial charge in [-0.1, -0.05) is 6.07 Å². The van der Waals surface area contributed by atoms with Gasteiger partial charge in [-0.2, -0.15) is 0 Å². The Morgan fingerprint density at radius 3 is 2.53 bits per heavy atom. The third kappa shape index (κ3) is 2.08. The molecule has 2 N–H and O–H groups in total. The number of nitrogen functional groups attached to an aromatic ring is 1. The molecular formula is C15H15N3S. The molecule has 2 heterocycles. The van der Waals surface area contributed by atoms with E-state index in [1.54, 1.807) is 0 Å². The van der Waals surface area contributed by atoms with Gasteiger partial charge in [-0.3, -0.25) is 4.98 Å². The van der Waals surface area contributed by atoms with Gasteiger partial charge in [-0.05, 0) is 44.0 Å². The number of rotatable bonds is 1. The van der Waals surface area contributed by atoms with Crippen LogP contribution in [0.3, 0.4) is 0 Å². The highest BCUT2D eigenvalue weighted by Gasteiger charge is 2.11. The number of pyridine rings is 1. The normalized spacial score (nSPS) is 11.1. The van der Waals surface area contributed by atoms with Crippen molar-refractivity contribution in [2.75, 3.05) is 5.73 Å². The van der Waals surface area contributed by atoms with E-state index in [4.69, 9.17) is 5.73 Å². The van der Waals surface area contributed by atoms with Crippen LogP contribution >= 0.6 is 11.3 Å². The average molecular weight is 269 g/mol. The minimum atomic E-state index is 0.599. The van der Waals surface area contributed by atoms with Crippen LogP contribution in [-0.2, 0) is 0 Å². The summed E-state index contributed by atoms with van der Waals surface area (Å²) in [5, 5.41) is 3.77. The molecule has 3 rings (SSSR count). The van der Waals surface area contributed by atoms with Gasteiger partial charge in [0, 0.05) is 22.0 Å². The van der Waals surface area contributed by atoms with Gasteiger partial charge in [0.15, 0.2) is 5.13 Å². The van der Waals surface area contributed by atoms with Crippen molar-refractivity contribution in [2.24, 2.45) is 0 Å². The third-order valence-corrected chi connectivity index (χ3v) is 3.85. The molecule has 0 atom stereocenters. The second-order valence-corrected chi connectivity index (χ2v) is 5.75. The van der Waals surface area contributed by atoms with Gasteiger partial charge in [0.25, 0.3) is 0 Å². The van der Waals surface area contributed by atoms with Crippen LogP contribution in [0.2, 0.25) is 0 Å². The first-order valence-corrected chi connectivity index (χ1v) is 7.02. The molecule has 0 saturated heterocycles. The van der Waals surface area contributed by atoms with Crippen molar-refractivity contribution >= 4 is 27.4 Å². The number of nitrogens with two attached hydrogens (primary N) is 1. The second-order valence-electron chi connectivity index (χ2n) is 4.86. The molecule has 0 bridgehead atoms. The van der Waals surface area contributed by atoms with E-state index in [0.29, 0.717) is 5.13 Å². The number of aromatic nitrogens is 2. The van der Waals surface area contributed by atoms with Crippen LogP contribution < -0.4 is 5.73 Å². The molecule has 4 heteroatoms. The Bertz CT molecular complexity index is 769. The number of anilines is 1. The lowest BCUT2D eigenvalue weighted by atomic mass is 9.99. The van der Waals surface area contributed by atoms with Crippen LogP contribution in [0.5, 0.6) is 0 Å². The standard InChI is InChI=1S/C15H15N3S/c1-8-4-9(2)14-11(13-7-19-15(16)18-13)6-10(3)17-12(14)5-8/h4-7H,1-3H3,(H2,16,18). The largest absolute Gasteiger partial charge is 0.375 e. The Morgan fingerprint density at radius 2 is 1.84 bits per heavy atom. The summed E-state index contributed by atoms with van der Waals surface area (Å²) >= 11 is 1.47. The summed E-state index contributed by atoms with van der Waals surface area (Å²) < 4.78 is 0. The average Bonchev–Trinajstić information content (AvgIpc) is 2.73. The van der Waals surface area contributed by atoms with E-state index in [1.165, 1.54) is 27.8 Å². The molecular weight excluding hydrogens is 254 g/mol. The van der Waals surface area contributed by atoms with E-state index in [9.17, 15) is 0 Å². The van der Waals surface area contributed by atoms with Gasteiger partial charge in [-0.25, -0.2) is 4.98 Å². The van der Waals surface area contributed by atoms with E-state index >= 15 is 0 Å². The zero-order chi connectivity index (χ0) is 13.6. The zero-order valence-corrected chi connectivity index (χ0v) is 12.0. The molecule has 0 unspecified atom stereocenters. The van der Waals surface area contributed by atoms with Crippen molar-refractivity contribution in [2.45, 2.75) is 20.8 Å². The number of hydrogen-bond acceptors (Lipinski definition) is 4. The van der Waals surface area contributed by atoms with E-state index in [0.717, 1.165) is 22.5 Å². The van der Waals surface area contributed by atoms with E-state index < -0.39 is 0 Å². The highest BCUT2D eigenvalue weighted by atomic mass is 32.1. The van der Waals surface area contributed by atoms with Crippen molar-refractivity contribution < 1.29 is 0 Å². The monoisotopic (exact) mass is 269 g/mol. The Hall–Kier alpha value is -1.94. The SMILES string of the molecule is Cc1cc(C)c2c(-c3csc(N)n3)cc(C)nc2c1. The van der Waals surface area contributed by atoms with Crippen LogP contribution in [-0.4, -0.2) is 9.97 Å². The molecule has 2 aromatic heterocycles. The number of fused-ring (bicyclic) bond motifs is 1. The van der Waals surface area contributed by atoms with Gasteiger partial charge in [-0.15, -0.1) is 11.3 Å². The highest BCUT2D eigenvalue weighted by Crippen LogP contribution is 2.32. The smallest absolute Gasteiger partial charge is 0.180 e. The van der Waals surface area contributed by atoms with E-state index in [-0.39, 0.29) is 0 Å².